The Hall–Kier alpha value is -2.81. The van der Waals surface area contributed by atoms with Gasteiger partial charge in [0.2, 0.25) is 5.95 Å². The van der Waals surface area contributed by atoms with Crippen LogP contribution < -0.4 is 15.4 Å². The number of nitrogens with zero attached hydrogens (tertiary/aromatic N) is 3. The average Bonchev–Trinajstić information content (AvgIpc) is 2.66. The van der Waals surface area contributed by atoms with E-state index < -0.39 is 17.8 Å². The lowest BCUT2D eigenvalue weighted by Crippen LogP contribution is -2.17. The maximum atomic E-state index is 13.5. The predicted octanol–water partition coefficient (Wildman–Crippen LogP) is 4.98. The molecule has 3 heterocycles. The van der Waals surface area contributed by atoms with E-state index in [0.717, 1.165) is 6.07 Å². The zero-order valence-electron chi connectivity index (χ0n) is 15.6. The molecular weight excluding hydrogens is 407 g/mol. The van der Waals surface area contributed by atoms with E-state index >= 15 is 0 Å². The van der Waals surface area contributed by atoms with Gasteiger partial charge in [-0.1, -0.05) is 23.7 Å². The Labute approximate surface area is 169 Å². The van der Waals surface area contributed by atoms with Crippen LogP contribution in [0.1, 0.15) is 29.8 Å². The van der Waals surface area contributed by atoms with Crippen LogP contribution in [0.3, 0.4) is 0 Å². The summed E-state index contributed by atoms with van der Waals surface area (Å²) in [5.74, 6) is 0.581. The van der Waals surface area contributed by atoms with Crippen LogP contribution in [0.5, 0.6) is 5.75 Å². The summed E-state index contributed by atoms with van der Waals surface area (Å²) in [5, 5.41) is 7.09. The second kappa shape index (κ2) is 7.22. The summed E-state index contributed by atoms with van der Waals surface area (Å²) in [6, 6.07) is 5.10. The molecule has 2 N–H and O–H groups in total. The molecule has 2 aromatic heterocycles. The molecule has 6 nitrogen and oxygen atoms in total. The molecule has 1 atom stereocenters. The summed E-state index contributed by atoms with van der Waals surface area (Å²) in [5.41, 5.74) is 0.797. The van der Waals surface area contributed by atoms with Gasteiger partial charge in [-0.3, -0.25) is 0 Å². The number of rotatable bonds is 0. The summed E-state index contributed by atoms with van der Waals surface area (Å²) in [6.45, 7) is 3.77. The highest BCUT2D eigenvalue weighted by Crippen LogP contribution is 2.41. The van der Waals surface area contributed by atoms with Crippen LogP contribution in [0.2, 0.25) is 5.15 Å². The van der Waals surface area contributed by atoms with Crippen molar-refractivity contribution in [2.75, 3.05) is 23.8 Å². The van der Waals surface area contributed by atoms with E-state index in [4.69, 9.17) is 16.3 Å². The number of nitrogens with one attached hydrogen (secondary N) is 2. The number of anilines is 2. The molecule has 0 radical (unpaired) electrons. The topological polar surface area (TPSA) is 72.0 Å². The average molecular weight is 424 g/mol. The number of benzene rings is 1. The molecular formula is C19H17ClF3N5O. The number of para-hydroxylation sites is 1. The van der Waals surface area contributed by atoms with Crippen molar-refractivity contribution >= 4 is 34.3 Å². The predicted molar refractivity (Wildman–Crippen MR) is 105 cm³/mol. The van der Waals surface area contributed by atoms with Gasteiger partial charge in [0.1, 0.15) is 23.3 Å². The van der Waals surface area contributed by atoms with E-state index in [1.807, 2.05) is 0 Å². The fourth-order valence-corrected chi connectivity index (χ4v) is 3.55. The minimum absolute atomic E-state index is 0.0153. The molecule has 1 aromatic carbocycles. The highest BCUT2D eigenvalue weighted by Gasteiger charge is 2.36. The molecule has 0 amide bonds. The molecule has 1 aliphatic heterocycles. The number of hydrogen-bond acceptors (Lipinski definition) is 6. The normalized spacial score (nSPS) is 16.8. The summed E-state index contributed by atoms with van der Waals surface area (Å²) in [7, 11) is 0. The lowest BCUT2D eigenvalue weighted by atomic mass is 10.0. The monoisotopic (exact) mass is 423 g/mol. The SMILES string of the molecule is Cc1nc(Cl)cc2c3nc(nc12)NCCOc1c(cccc1C(F)(F)F)[C@@H](C)N3. The van der Waals surface area contributed by atoms with Crippen molar-refractivity contribution in [3.63, 3.8) is 0 Å². The number of fused-ring (bicyclic) bond motifs is 5. The highest BCUT2D eigenvalue weighted by molar-refractivity contribution is 6.30. The number of hydrogen-bond donors (Lipinski definition) is 2. The van der Waals surface area contributed by atoms with Crippen molar-refractivity contribution in [1.82, 2.24) is 15.0 Å². The third-order valence-corrected chi connectivity index (χ3v) is 4.82. The van der Waals surface area contributed by atoms with Gasteiger partial charge < -0.3 is 15.4 Å². The van der Waals surface area contributed by atoms with Gasteiger partial charge in [-0.15, -0.1) is 0 Å². The van der Waals surface area contributed by atoms with Crippen molar-refractivity contribution in [1.29, 1.82) is 0 Å². The van der Waals surface area contributed by atoms with Crippen LogP contribution >= 0.6 is 11.6 Å². The van der Waals surface area contributed by atoms with Gasteiger partial charge in [-0.25, -0.2) is 9.97 Å². The summed E-state index contributed by atoms with van der Waals surface area (Å²) in [4.78, 5) is 13.2. The van der Waals surface area contributed by atoms with Gasteiger partial charge in [-0.2, -0.15) is 18.2 Å². The van der Waals surface area contributed by atoms with Crippen LogP contribution in [0, 0.1) is 6.92 Å². The third kappa shape index (κ3) is 3.74. The van der Waals surface area contributed by atoms with E-state index in [2.05, 4.69) is 25.6 Å². The van der Waals surface area contributed by atoms with Crippen molar-refractivity contribution in [2.24, 2.45) is 0 Å². The molecule has 4 rings (SSSR count). The lowest BCUT2D eigenvalue weighted by molar-refractivity contribution is -0.139. The number of aromatic nitrogens is 3. The fourth-order valence-electron chi connectivity index (χ4n) is 3.31. The van der Waals surface area contributed by atoms with Crippen molar-refractivity contribution < 1.29 is 17.9 Å². The lowest BCUT2D eigenvalue weighted by Gasteiger charge is -2.22. The van der Waals surface area contributed by atoms with Gasteiger partial charge in [0.25, 0.3) is 0 Å². The molecule has 3 aromatic rings. The molecule has 0 spiro atoms. The van der Waals surface area contributed by atoms with Crippen LogP contribution in [-0.4, -0.2) is 28.1 Å². The van der Waals surface area contributed by atoms with Crippen LogP contribution in [-0.2, 0) is 6.18 Å². The first-order valence-electron chi connectivity index (χ1n) is 8.92. The molecule has 0 aliphatic carbocycles. The second-order valence-electron chi connectivity index (χ2n) is 6.69. The first-order valence-corrected chi connectivity index (χ1v) is 9.30. The smallest absolute Gasteiger partial charge is 0.419 e. The standard InChI is InChI=1S/C19H17ClF3N5O/c1-9-11-4-3-5-13(19(21,22)23)16(11)29-7-6-24-18-27-15-10(2)25-14(20)8-12(15)17(26-9)28-18/h3-5,8-9H,6-7H2,1-2H3,(H2,24,26,27,28)/t9-/m1/s1. The molecule has 0 unspecified atom stereocenters. The molecule has 2 bridgehead atoms. The molecule has 0 saturated heterocycles. The van der Waals surface area contributed by atoms with E-state index in [9.17, 15) is 13.2 Å². The van der Waals surface area contributed by atoms with Crippen LogP contribution in [0.15, 0.2) is 24.3 Å². The van der Waals surface area contributed by atoms with Gasteiger partial charge in [0.05, 0.1) is 29.4 Å². The van der Waals surface area contributed by atoms with Crippen LogP contribution in [0.25, 0.3) is 10.9 Å². The Morgan fingerprint density at radius 2 is 2.00 bits per heavy atom. The zero-order chi connectivity index (χ0) is 20.8. The van der Waals surface area contributed by atoms with E-state index in [1.165, 1.54) is 6.07 Å². The fraction of sp³-hybridized carbons (Fsp3) is 0.316. The summed E-state index contributed by atoms with van der Waals surface area (Å²) < 4.78 is 46.1. The van der Waals surface area contributed by atoms with Gasteiger partial charge in [-0.05, 0) is 26.0 Å². The first kappa shape index (κ1) is 19.5. The third-order valence-electron chi connectivity index (χ3n) is 4.63. The Morgan fingerprint density at radius 3 is 2.76 bits per heavy atom. The molecule has 0 fully saturated rings. The number of halogens is 4. The van der Waals surface area contributed by atoms with Crippen LogP contribution in [0.4, 0.5) is 24.9 Å². The molecule has 152 valence electrons. The Kier molecular flexibility index (Phi) is 4.85. The zero-order valence-corrected chi connectivity index (χ0v) is 16.3. The first-order chi connectivity index (χ1) is 13.7. The van der Waals surface area contributed by atoms with Crippen molar-refractivity contribution in [3.05, 3.63) is 46.2 Å². The molecule has 1 aliphatic rings. The summed E-state index contributed by atoms with van der Waals surface area (Å²) >= 11 is 6.10. The molecule has 29 heavy (non-hydrogen) atoms. The van der Waals surface area contributed by atoms with Crippen molar-refractivity contribution in [2.45, 2.75) is 26.1 Å². The number of ether oxygens (including phenoxy) is 1. The number of pyridine rings is 1. The highest BCUT2D eigenvalue weighted by atomic mass is 35.5. The minimum Gasteiger partial charge on any atom is -0.491 e. The maximum Gasteiger partial charge on any atom is 0.419 e. The molecule has 10 heteroatoms. The largest absolute Gasteiger partial charge is 0.491 e. The Balaban J connectivity index is 1.88. The van der Waals surface area contributed by atoms with E-state index in [0.29, 0.717) is 33.9 Å². The number of aryl methyl sites for hydroxylation is 1. The van der Waals surface area contributed by atoms with Gasteiger partial charge in [0, 0.05) is 10.9 Å². The second-order valence-corrected chi connectivity index (χ2v) is 7.07. The van der Waals surface area contributed by atoms with Crippen molar-refractivity contribution in [3.8, 4) is 5.75 Å². The Morgan fingerprint density at radius 1 is 1.21 bits per heavy atom. The van der Waals surface area contributed by atoms with E-state index in [1.54, 1.807) is 26.0 Å². The molecule has 0 saturated carbocycles. The number of alkyl halides is 3. The maximum absolute atomic E-state index is 13.5. The summed E-state index contributed by atoms with van der Waals surface area (Å²) in [6.07, 6.45) is -4.53. The van der Waals surface area contributed by atoms with Gasteiger partial charge in [0.15, 0.2) is 0 Å². The van der Waals surface area contributed by atoms with E-state index in [-0.39, 0.29) is 24.1 Å². The minimum atomic E-state index is -4.53. The quantitative estimate of drug-likeness (QED) is 0.497. The van der Waals surface area contributed by atoms with Gasteiger partial charge >= 0.3 is 6.18 Å². The Bertz CT molecular complexity index is 1090.